The summed E-state index contributed by atoms with van der Waals surface area (Å²) in [5.74, 6) is 1.36. The lowest BCUT2D eigenvalue weighted by Gasteiger charge is -2.09. The Bertz CT molecular complexity index is 1190. The van der Waals surface area contributed by atoms with E-state index in [4.69, 9.17) is 4.42 Å². The van der Waals surface area contributed by atoms with Crippen molar-refractivity contribution in [3.63, 3.8) is 0 Å². The Morgan fingerprint density at radius 1 is 1.00 bits per heavy atom. The van der Waals surface area contributed by atoms with Gasteiger partial charge in [0.05, 0.1) is 18.6 Å². The van der Waals surface area contributed by atoms with Gasteiger partial charge in [0.2, 0.25) is 11.7 Å². The molecular formula is C24H22N4O3S. The summed E-state index contributed by atoms with van der Waals surface area (Å²) in [6, 6.07) is 20.5. The van der Waals surface area contributed by atoms with Crippen molar-refractivity contribution in [2.45, 2.75) is 25.0 Å². The number of hydrogen-bond donors (Lipinski definition) is 1. The first kappa shape index (κ1) is 21.6. The number of nitrogens with zero attached hydrogens (tertiary/aromatic N) is 3. The highest BCUT2D eigenvalue weighted by molar-refractivity contribution is 7.99. The van der Waals surface area contributed by atoms with E-state index in [1.54, 1.807) is 43.5 Å². The molecule has 2 aromatic carbocycles. The van der Waals surface area contributed by atoms with E-state index in [1.165, 1.54) is 11.8 Å². The van der Waals surface area contributed by atoms with Crippen molar-refractivity contribution in [3.05, 3.63) is 84.1 Å². The third-order valence-electron chi connectivity index (χ3n) is 4.79. The predicted molar refractivity (Wildman–Crippen MR) is 124 cm³/mol. The maximum Gasteiger partial charge on any atom is 0.224 e. The molecule has 0 bridgehead atoms. The van der Waals surface area contributed by atoms with Gasteiger partial charge in [-0.15, -0.1) is 10.2 Å². The van der Waals surface area contributed by atoms with Crippen molar-refractivity contribution in [2.24, 2.45) is 0 Å². The molecule has 0 aliphatic heterocycles. The SMILES string of the molecule is CCC(=O)Nc1ccc(C(=O)CSc2nnc(-c3ccco3)n2Cc2ccccc2)cc1. The first-order chi connectivity index (χ1) is 15.6. The van der Waals surface area contributed by atoms with E-state index in [9.17, 15) is 9.59 Å². The lowest BCUT2D eigenvalue weighted by molar-refractivity contribution is -0.115. The minimum atomic E-state index is -0.0651. The minimum Gasteiger partial charge on any atom is -0.461 e. The normalized spacial score (nSPS) is 10.8. The molecule has 0 fully saturated rings. The van der Waals surface area contributed by atoms with Gasteiger partial charge in [0.1, 0.15) is 0 Å². The highest BCUT2D eigenvalue weighted by atomic mass is 32.2. The van der Waals surface area contributed by atoms with Crippen molar-refractivity contribution in [2.75, 3.05) is 11.1 Å². The van der Waals surface area contributed by atoms with Gasteiger partial charge in [-0.1, -0.05) is 49.0 Å². The Labute approximate surface area is 189 Å². The summed E-state index contributed by atoms with van der Waals surface area (Å²) in [5, 5.41) is 12.0. The second kappa shape index (κ2) is 10.1. The van der Waals surface area contributed by atoms with Gasteiger partial charge in [-0.05, 0) is 42.0 Å². The van der Waals surface area contributed by atoms with Gasteiger partial charge >= 0.3 is 0 Å². The molecular weight excluding hydrogens is 424 g/mol. The molecule has 0 unspecified atom stereocenters. The van der Waals surface area contributed by atoms with Crippen LogP contribution < -0.4 is 5.32 Å². The third-order valence-corrected chi connectivity index (χ3v) is 5.75. The lowest BCUT2D eigenvalue weighted by atomic mass is 10.1. The average molecular weight is 447 g/mol. The van der Waals surface area contributed by atoms with Gasteiger partial charge in [0.15, 0.2) is 16.7 Å². The molecule has 8 heteroatoms. The molecule has 0 saturated heterocycles. The summed E-state index contributed by atoms with van der Waals surface area (Å²) in [7, 11) is 0. The summed E-state index contributed by atoms with van der Waals surface area (Å²) in [5.41, 5.74) is 2.34. The number of rotatable bonds is 9. The Morgan fingerprint density at radius 3 is 2.47 bits per heavy atom. The quantitative estimate of drug-likeness (QED) is 0.290. The van der Waals surface area contributed by atoms with Gasteiger partial charge in [-0.3, -0.25) is 14.2 Å². The highest BCUT2D eigenvalue weighted by Crippen LogP contribution is 2.26. The van der Waals surface area contributed by atoms with E-state index in [2.05, 4.69) is 15.5 Å². The number of benzene rings is 2. The molecule has 4 aromatic rings. The number of nitrogens with one attached hydrogen (secondary N) is 1. The summed E-state index contributed by atoms with van der Waals surface area (Å²) in [6.45, 7) is 2.35. The van der Waals surface area contributed by atoms with Crippen molar-refractivity contribution in [1.82, 2.24) is 14.8 Å². The number of anilines is 1. The number of amides is 1. The molecule has 0 aliphatic carbocycles. The molecule has 2 heterocycles. The van der Waals surface area contributed by atoms with Crippen LogP contribution in [0.25, 0.3) is 11.6 Å². The summed E-state index contributed by atoms with van der Waals surface area (Å²) < 4.78 is 7.48. The smallest absolute Gasteiger partial charge is 0.224 e. The van der Waals surface area contributed by atoms with E-state index in [1.807, 2.05) is 41.0 Å². The number of aromatic nitrogens is 3. The Hall–Kier alpha value is -3.65. The molecule has 2 aromatic heterocycles. The number of ketones is 1. The van der Waals surface area contributed by atoms with Crippen LogP contribution in [-0.4, -0.2) is 32.2 Å². The maximum absolute atomic E-state index is 12.7. The lowest BCUT2D eigenvalue weighted by Crippen LogP contribution is -2.10. The fourth-order valence-electron chi connectivity index (χ4n) is 3.09. The van der Waals surface area contributed by atoms with Crippen LogP contribution in [0.2, 0.25) is 0 Å². The van der Waals surface area contributed by atoms with Crippen LogP contribution in [0.4, 0.5) is 5.69 Å². The summed E-state index contributed by atoms with van der Waals surface area (Å²) >= 11 is 1.33. The third kappa shape index (κ3) is 5.15. The van der Waals surface area contributed by atoms with E-state index >= 15 is 0 Å². The van der Waals surface area contributed by atoms with Gasteiger partial charge in [0, 0.05) is 17.7 Å². The van der Waals surface area contributed by atoms with Crippen LogP contribution >= 0.6 is 11.8 Å². The van der Waals surface area contributed by atoms with Crippen LogP contribution in [0.1, 0.15) is 29.3 Å². The van der Waals surface area contributed by atoms with E-state index in [0.29, 0.717) is 41.0 Å². The van der Waals surface area contributed by atoms with Crippen molar-refractivity contribution < 1.29 is 14.0 Å². The van der Waals surface area contributed by atoms with Crippen molar-refractivity contribution in [3.8, 4) is 11.6 Å². The van der Waals surface area contributed by atoms with Gasteiger partial charge in [-0.25, -0.2) is 0 Å². The van der Waals surface area contributed by atoms with Gasteiger partial charge in [-0.2, -0.15) is 0 Å². The Kier molecular flexibility index (Phi) is 6.81. The number of carbonyl (C=O) groups is 2. The topological polar surface area (TPSA) is 90.0 Å². The highest BCUT2D eigenvalue weighted by Gasteiger charge is 2.18. The number of hydrogen-bond acceptors (Lipinski definition) is 6. The molecule has 32 heavy (non-hydrogen) atoms. The number of furan rings is 1. The van der Waals surface area contributed by atoms with Gasteiger partial charge in [0.25, 0.3) is 0 Å². The maximum atomic E-state index is 12.7. The van der Waals surface area contributed by atoms with Crippen LogP contribution in [0.5, 0.6) is 0 Å². The van der Waals surface area contributed by atoms with E-state index < -0.39 is 0 Å². The van der Waals surface area contributed by atoms with Crippen LogP contribution in [-0.2, 0) is 11.3 Å². The fraction of sp³-hybridized carbons (Fsp3) is 0.167. The number of Topliss-reactive ketones (excluding diaryl/α,β-unsaturated/α-hetero) is 1. The molecule has 0 atom stereocenters. The molecule has 0 radical (unpaired) electrons. The minimum absolute atomic E-state index is 0.0304. The molecule has 0 saturated carbocycles. The molecule has 1 amide bonds. The largest absolute Gasteiger partial charge is 0.461 e. The van der Waals surface area contributed by atoms with E-state index in [-0.39, 0.29) is 17.4 Å². The number of thioether (sulfide) groups is 1. The van der Waals surface area contributed by atoms with Crippen molar-refractivity contribution in [1.29, 1.82) is 0 Å². The molecule has 162 valence electrons. The summed E-state index contributed by atoms with van der Waals surface area (Å²) in [6.07, 6.45) is 2.00. The van der Waals surface area contributed by atoms with Gasteiger partial charge < -0.3 is 9.73 Å². The monoisotopic (exact) mass is 446 g/mol. The zero-order valence-corrected chi connectivity index (χ0v) is 18.3. The van der Waals surface area contributed by atoms with E-state index in [0.717, 1.165) is 5.56 Å². The molecule has 7 nitrogen and oxygen atoms in total. The van der Waals surface area contributed by atoms with Crippen LogP contribution in [0.15, 0.2) is 82.6 Å². The first-order valence-corrected chi connectivity index (χ1v) is 11.2. The Morgan fingerprint density at radius 2 is 1.78 bits per heavy atom. The standard InChI is InChI=1S/C24H22N4O3S/c1-2-22(30)25-19-12-10-18(11-13-19)20(29)16-32-24-27-26-23(21-9-6-14-31-21)28(24)15-17-7-4-3-5-8-17/h3-14H,2,15-16H2,1H3,(H,25,30). The van der Waals surface area contributed by atoms with Crippen LogP contribution in [0, 0.1) is 0 Å². The average Bonchev–Trinajstić information content (AvgIpc) is 3.49. The zero-order valence-electron chi connectivity index (χ0n) is 17.5. The first-order valence-electron chi connectivity index (χ1n) is 10.2. The predicted octanol–water partition coefficient (Wildman–Crippen LogP) is 4.91. The zero-order chi connectivity index (χ0) is 22.3. The second-order valence-electron chi connectivity index (χ2n) is 7.05. The Balaban J connectivity index is 1.49. The fourth-order valence-corrected chi connectivity index (χ4v) is 3.93. The van der Waals surface area contributed by atoms with Crippen molar-refractivity contribution >= 4 is 29.1 Å². The number of carbonyl (C=O) groups excluding carboxylic acids is 2. The molecule has 0 spiro atoms. The summed E-state index contributed by atoms with van der Waals surface area (Å²) in [4.78, 5) is 24.2. The molecule has 0 aliphatic rings. The molecule has 4 rings (SSSR count). The molecule has 1 N–H and O–H groups in total. The second-order valence-corrected chi connectivity index (χ2v) is 7.99. The van der Waals surface area contributed by atoms with Crippen LogP contribution in [0.3, 0.4) is 0 Å².